The van der Waals surface area contributed by atoms with Gasteiger partial charge in [0, 0.05) is 35.9 Å². The highest BCUT2D eigenvalue weighted by molar-refractivity contribution is 5.86. The van der Waals surface area contributed by atoms with Crippen LogP contribution in [0, 0.1) is 0 Å². The summed E-state index contributed by atoms with van der Waals surface area (Å²) in [6.07, 6.45) is 4.98. The Bertz CT molecular complexity index is 550. The molecule has 1 aliphatic heterocycles. The lowest BCUT2D eigenvalue weighted by molar-refractivity contribution is 0.332. The number of benzene rings is 1. The van der Waals surface area contributed by atoms with Crippen LogP contribution in [0.15, 0.2) is 24.4 Å². The number of anilines is 1. The molecule has 0 unspecified atom stereocenters. The monoisotopic (exact) mass is 243 g/mol. The second kappa shape index (κ2) is 4.65. The molecule has 0 amide bonds. The lowest BCUT2D eigenvalue weighted by Gasteiger charge is -2.13. The second-order valence-electron chi connectivity index (χ2n) is 5.20. The number of rotatable bonds is 3. The van der Waals surface area contributed by atoms with Crippen LogP contribution in [-0.2, 0) is 13.1 Å². The number of nitrogen functional groups attached to an aromatic ring is 1. The SMILES string of the molecule is CCn1cc(CN2CCCC2)c2cc(N)ccc21. The Morgan fingerprint density at radius 3 is 2.72 bits per heavy atom. The van der Waals surface area contributed by atoms with Crippen LogP contribution >= 0.6 is 0 Å². The van der Waals surface area contributed by atoms with E-state index in [1.54, 1.807) is 0 Å². The fraction of sp³-hybridized carbons (Fsp3) is 0.467. The van der Waals surface area contributed by atoms with Crippen LogP contribution in [0.5, 0.6) is 0 Å². The molecule has 0 spiro atoms. The third-order valence-electron chi connectivity index (χ3n) is 3.92. The number of aryl methyl sites for hydroxylation is 1. The molecule has 0 radical (unpaired) electrons. The summed E-state index contributed by atoms with van der Waals surface area (Å²) in [7, 11) is 0. The Hall–Kier alpha value is -1.48. The Morgan fingerprint density at radius 2 is 2.00 bits per heavy atom. The van der Waals surface area contributed by atoms with E-state index in [9.17, 15) is 0 Å². The molecule has 2 aromatic rings. The van der Waals surface area contributed by atoms with Crippen LogP contribution in [0.3, 0.4) is 0 Å². The summed E-state index contributed by atoms with van der Waals surface area (Å²) in [5.41, 5.74) is 9.51. The Balaban J connectivity index is 2.01. The van der Waals surface area contributed by atoms with Crippen molar-refractivity contribution in [2.75, 3.05) is 18.8 Å². The molecule has 1 aromatic carbocycles. The van der Waals surface area contributed by atoms with Gasteiger partial charge in [-0.1, -0.05) is 0 Å². The molecule has 1 fully saturated rings. The Labute approximate surface area is 108 Å². The van der Waals surface area contributed by atoms with Gasteiger partial charge in [-0.3, -0.25) is 4.90 Å². The van der Waals surface area contributed by atoms with Gasteiger partial charge < -0.3 is 10.3 Å². The quantitative estimate of drug-likeness (QED) is 0.841. The van der Waals surface area contributed by atoms with Gasteiger partial charge >= 0.3 is 0 Å². The lowest BCUT2D eigenvalue weighted by Crippen LogP contribution is -2.18. The van der Waals surface area contributed by atoms with Crippen molar-refractivity contribution in [2.24, 2.45) is 0 Å². The molecule has 0 atom stereocenters. The molecular formula is C15H21N3. The minimum absolute atomic E-state index is 0.860. The number of aromatic nitrogens is 1. The Kier molecular flexibility index (Phi) is 3.00. The zero-order chi connectivity index (χ0) is 12.5. The molecule has 3 rings (SSSR count). The zero-order valence-corrected chi connectivity index (χ0v) is 11.0. The van der Waals surface area contributed by atoms with Crippen molar-refractivity contribution in [1.29, 1.82) is 0 Å². The molecule has 2 N–H and O–H groups in total. The predicted molar refractivity (Wildman–Crippen MR) is 76.5 cm³/mol. The first kappa shape index (κ1) is 11.6. The van der Waals surface area contributed by atoms with Gasteiger partial charge in [-0.05, 0) is 56.6 Å². The first-order valence-electron chi connectivity index (χ1n) is 6.87. The maximum atomic E-state index is 5.93. The molecule has 0 aliphatic carbocycles. The van der Waals surface area contributed by atoms with Crippen molar-refractivity contribution >= 4 is 16.6 Å². The maximum absolute atomic E-state index is 5.93. The van der Waals surface area contributed by atoms with Gasteiger partial charge in [0.25, 0.3) is 0 Å². The molecule has 96 valence electrons. The van der Waals surface area contributed by atoms with Gasteiger partial charge in [-0.25, -0.2) is 0 Å². The van der Waals surface area contributed by atoms with Gasteiger partial charge in [-0.15, -0.1) is 0 Å². The van der Waals surface area contributed by atoms with Gasteiger partial charge in [0.15, 0.2) is 0 Å². The minimum atomic E-state index is 0.860. The van der Waals surface area contributed by atoms with Crippen molar-refractivity contribution in [1.82, 2.24) is 9.47 Å². The lowest BCUT2D eigenvalue weighted by atomic mass is 10.1. The van der Waals surface area contributed by atoms with Crippen LogP contribution in [0.2, 0.25) is 0 Å². The molecule has 3 heteroatoms. The number of hydrogen-bond donors (Lipinski definition) is 1. The number of fused-ring (bicyclic) bond motifs is 1. The van der Waals surface area contributed by atoms with Crippen LogP contribution < -0.4 is 5.73 Å². The first-order valence-corrected chi connectivity index (χ1v) is 6.87. The highest BCUT2D eigenvalue weighted by atomic mass is 15.1. The zero-order valence-electron chi connectivity index (χ0n) is 11.0. The fourth-order valence-electron chi connectivity index (χ4n) is 2.96. The molecule has 0 bridgehead atoms. The largest absolute Gasteiger partial charge is 0.399 e. The number of nitrogens with zero attached hydrogens (tertiary/aromatic N) is 2. The summed E-state index contributed by atoms with van der Waals surface area (Å²) in [6, 6.07) is 6.25. The van der Waals surface area contributed by atoms with Crippen LogP contribution in [0.4, 0.5) is 5.69 Å². The van der Waals surface area contributed by atoms with Crippen molar-refractivity contribution in [3.63, 3.8) is 0 Å². The summed E-state index contributed by atoms with van der Waals surface area (Å²) in [6.45, 7) is 6.74. The fourth-order valence-corrected chi connectivity index (χ4v) is 2.96. The third-order valence-corrected chi connectivity index (χ3v) is 3.92. The molecule has 1 aliphatic rings. The Morgan fingerprint density at radius 1 is 1.22 bits per heavy atom. The van der Waals surface area contributed by atoms with Crippen LogP contribution in [0.1, 0.15) is 25.3 Å². The molecule has 3 nitrogen and oxygen atoms in total. The number of nitrogens with two attached hydrogens (primary N) is 1. The summed E-state index contributed by atoms with van der Waals surface area (Å²) in [5.74, 6) is 0. The molecule has 1 saturated heterocycles. The highest BCUT2D eigenvalue weighted by Gasteiger charge is 2.15. The van der Waals surface area contributed by atoms with Gasteiger partial charge in [0.1, 0.15) is 0 Å². The van der Waals surface area contributed by atoms with E-state index in [-0.39, 0.29) is 0 Å². The van der Waals surface area contributed by atoms with Crippen molar-refractivity contribution < 1.29 is 0 Å². The van der Waals surface area contributed by atoms with Crippen molar-refractivity contribution in [2.45, 2.75) is 32.9 Å². The van der Waals surface area contributed by atoms with E-state index in [1.807, 2.05) is 6.07 Å². The highest BCUT2D eigenvalue weighted by Crippen LogP contribution is 2.26. The van der Waals surface area contributed by atoms with Crippen molar-refractivity contribution in [3.8, 4) is 0 Å². The number of hydrogen-bond acceptors (Lipinski definition) is 2. The smallest absolute Gasteiger partial charge is 0.0485 e. The predicted octanol–water partition coefficient (Wildman–Crippen LogP) is 2.84. The van der Waals surface area contributed by atoms with Crippen LogP contribution in [0.25, 0.3) is 10.9 Å². The van der Waals surface area contributed by atoms with Gasteiger partial charge in [-0.2, -0.15) is 0 Å². The van der Waals surface area contributed by atoms with E-state index >= 15 is 0 Å². The summed E-state index contributed by atoms with van der Waals surface area (Å²) < 4.78 is 2.32. The second-order valence-corrected chi connectivity index (χ2v) is 5.20. The van der Waals surface area contributed by atoms with E-state index in [0.29, 0.717) is 0 Å². The van der Waals surface area contributed by atoms with E-state index < -0.39 is 0 Å². The van der Waals surface area contributed by atoms with Crippen molar-refractivity contribution in [3.05, 3.63) is 30.0 Å². The van der Waals surface area contributed by atoms with Crippen LogP contribution in [-0.4, -0.2) is 22.6 Å². The normalized spacial score (nSPS) is 16.7. The molecule has 18 heavy (non-hydrogen) atoms. The van der Waals surface area contributed by atoms with E-state index in [4.69, 9.17) is 5.73 Å². The summed E-state index contributed by atoms with van der Waals surface area (Å²) >= 11 is 0. The first-order chi connectivity index (χ1) is 8.78. The minimum Gasteiger partial charge on any atom is -0.399 e. The third kappa shape index (κ3) is 1.99. The maximum Gasteiger partial charge on any atom is 0.0485 e. The van der Waals surface area contributed by atoms with Gasteiger partial charge in [0.2, 0.25) is 0 Å². The average molecular weight is 243 g/mol. The topological polar surface area (TPSA) is 34.2 Å². The van der Waals surface area contributed by atoms with E-state index in [1.165, 1.54) is 42.4 Å². The summed E-state index contributed by atoms with van der Waals surface area (Å²) in [5, 5.41) is 1.32. The standard InChI is InChI=1S/C15H21N3/c1-2-18-11-12(10-17-7-3-4-8-17)14-9-13(16)5-6-15(14)18/h5-6,9,11H,2-4,7-8,10,16H2,1H3. The molecular weight excluding hydrogens is 222 g/mol. The summed E-state index contributed by atoms with van der Waals surface area (Å²) in [4.78, 5) is 2.54. The van der Waals surface area contributed by atoms with E-state index in [0.717, 1.165) is 18.8 Å². The number of likely N-dealkylation sites (tertiary alicyclic amines) is 1. The molecule has 0 saturated carbocycles. The molecule has 2 heterocycles. The van der Waals surface area contributed by atoms with Gasteiger partial charge in [0.05, 0.1) is 0 Å². The van der Waals surface area contributed by atoms with E-state index in [2.05, 4.69) is 34.7 Å². The molecule has 1 aromatic heterocycles. The average Bonchev–Trinajstić information content (AvgIpc) is 2.98.